The van der Waals surface area contributed by atoms with Crippen LogP contribution in [0.25, 0.3) is 0 Å². The molecule has 1 aliphatic heterocycles. The van der Waals surface area contributed by atoms with Gasteiger partial charge < -0.3 is 10.2 Å². The van der Waals surface area contributed by atoms with Crippen molar-refractivity contribution in [3.05, 3.63) is 58.1 Å². The Morgan fingerprint density at radius 1 is 1.08 bits per heavy atom. The van der Waals surface area contributed by atoms with Crippen molar-refractivity contribution in [3.8, 4) is 0 Å². The van der Waals surface area contributed by atoms with Gasteiger partial charge in [0.05, 0.1) is 15.6 Å². The lowest BCUT2D eigenvalue weighted by Gasteiger charge is -2.32. The summed E-state index contributed by atoms with van der Waals surface area (Å²) < 4.78 is 0. The van der Waals surface area contributed by atoms with Crippen LogP contribution in [0.4, 0.5) is 11.4 Å². The van der Waals surface area contributed by atoms with Gasteiger partial charge in [-0.1, -0.05) is 36.2 Å². The number of nitrogens with one attached hydrogen (secondary N) is 1. The van der Waals surface area contributed by atoms with Gasteiger partial charge in [-0.05, 0) is 55.2 Å². The van der Waals surface area contributed by atoms with E-state index in [0.717, 1.165) is 24.7 Å². The highest BCUT2D eigenvalue weighted by molar-refractivity contribution is 6.44. The summed E-state index contributed by atoms with van der Waals surface area (Å²) in [5.41, 5.74) is 2.31. The Morgan fingerprint density at radius 2 is 1.75 bits per heavy atom. The van der Waals surface area contributed by atoms with Gasteiger partial charge in [0.1, 0.15) is 0 Å². The van der Waals surface area contributed by atoms with Crippen LogP contribution in [0.3, 0.4) is 0 Å². The Bertz CT molecular complexity index is 723. The van der Waals surface area contributed by atoms with Crippen LogP contribution in [0, 0.1) is 5.92 Å². The number of benzene rings is 2. The summed E-state index contributed by atoms with van der Waals surface area (Å²) in [6.07, 6.45) is 2.46. The highest BCUT2D eigenvalue weighted by atomic mass is 35.5. The molecule has 126 valence electrons. The van der Waals surface area contributed by atoms with E-state index in [1.807, 2.05) is 24.3 Å². The van der Waals surface area contributed by atoms with E-state index < -0.39 is 0 Å². The Labute approximate surface area is 152 Å². The van der Waals surface area contributed by atoms with Gasteiger partial charge in [-0.15, -0.1) is 0 Å². The van der Waals surface area contributed by atoms with E-state index in [0.29, 0.717) is 10.6 Å². The fourth-order valence-electron chi connectivity index (χ4n) is 2.90. The van der Waals surface area contributed by atoms with Crippen molar-refractivity contribution in [3.63, 3.8) is 0 Å². The quantitative estimate of drug-likeness (QED) is 0.783. The minimum Gasteiger partial charge on any atom is -0.372 e. The molecule has 0 saturated carbocycles. The first-order chi connectivity index (χ1) is 11.5. The number of hydrogen-bond donors (Lipinski definition) is 1. The summed E-state index contributed by atoms with van der Waals surface area (Å²) in [4.78, 5) is 14.7. The highest BCUT2D eigenvalue weighted by Crippen LogP contribution is 2.27. The zero-order valence-electron chi connectivity index (χ0n) is 13.6. The second kappa shape index (κ2) is 7.45. The first-order valence-electron chi connectivity index (χ1n) is 8.15. The van der Waals surface area contributed by atoms with E-state index in [9.17, 15) is 4.79 Å². The molecular weight excluding hydrogens is 343 g/mol. The molecule has 0 aromatic heterocycles. The van der Waals surface area contributed by atoms with E-state index >= 15 is 0 Å². The Hall–Kier alpha value is -1.71. The fraction of sp³-hybridized carbons (Fsp3) is 0.316. The SMILES string of the molecule is CC1CCN(c2ccc(NC(=O)c3cccc(Cl)c3Cl)cc2)CC1. The van der Waals surface area contributed by atoms with Gasteiger partial charge in [-0.3, -0.25) is 4.79 Å². The third-order valence-corrected chi connectivity index (χ3v) is 5.29. The molecule has 0 spiro atoms. The number of piperidine rings is 1. The van der Waals surface area contributed by atoms with E-state index in [1.54, 1.807) is 18.2 Å². The summed E-state index contributed by atoms with van der Waals surface area (Å²) in [7, 11) is 0. The molecule has 1 aliphatic rings. The average molecular weight is 363 g/mol. The largest absolute Gasteiger partial charge is 0.372 e. The predicted octanol–water partition coefficient (Wildman–Crippen LogP) is 5.48. The van der Waals surface area contributed by atoms with Crippen LogP contribution in [0.1, 0.15) is 30.1 Å². The lowest BCUT2D eigenvalue weighted by molar-refractivity contribution is 0.102. The summed E-state index contributed by atoms with van der Waals surface area (Å²) in [6, 6.07) is 13.0. The molecule has 0 aliphatic carbocycles. The van der Waals surface area contributed by atoms with Crippen LogP contribution in [0.5, 0.6) is 0 Å². The molecule has 0 unspecified atom stereocenters. The van der Waals surface area contributed by atoms with E-state index in [4.69, 9.17) is 23.2 Å². The average Bonchev–Trinajstić information content (AvgIpc) is 2.59. The van der Waals surface area contributed by atoms with Gasteiger partial charge in [-0.25, -0.2) is 0 Å². The van der Waals surface area contributed by atoms with E-state index in [2.05, 4.69) is 17.1 Å². The number of hydrogen-bond acceptors (Lipinski definition) is 2. The van der Waals surface area contributed by atoms with Crippen LogP contribution < -0.4 is 10.2 Å². The van der Waals surface area contributed by atoms with Crippen LogP contribution in [0.15, 0.2) is 42.5 Å². The monoisotopic (exact) mass is 362 g/mol. The zero-order valence-corrected chi connectivity index (χ0v) is 15.1. The summed E-state index contributed by atoms with van der Waals surface area (Å²) >= 11 is 12.1. The van der Waals surface area contributed by atoms with Crippen molar-refractivity contribution in [1.29, 1.82) is 0 Å². The summed E-state index contributed by atoms with van der Waals surface area (Å²) in [5, 5.41) is 3.51. The van der Waals surface area contributed by atoms with E-state index in [-0.39, 0.29) is 10.9 Å². The fourth-order valence-corrected chi connectivity index (χ4v) is 3.29. The van der Waals surface area contributed by atoms with Gasteiger partial charge in [-0.2, -0.15) is 0 Å². The smallest absolute Gasteiger partial charge is 0.257 e. The van der Waals surface area contributed by atoms with Crippen LogP contribution >= 0.6 is 23.2 Å². The van der Waals surface area contributed by atoms with Crippen LogP contribution in [-0.2, 0) is 0 Å². The lowest BCUT2D eigenvalue weighted by atomic mass is 9.99. The molecule has 1 amide bonds. The second-order valence-electron chi connectivity index (χ2n) is 6.27. The van der Waals surface area contributed by atoms with E-state index in [1.165, 1.54) is 18.5 Å². The Balaban J connectivity index is 1.68. The molecule has 1 saturated heterocycles. The van der Waals surface area contributed by atoms with Crippen molar-refractivity contribution < 1.29 is 4.79 Å². The summed E-state index contributed by atoms with van der Waals surface area (Å²) in [6.45, 7) is 4.48. The topological polar surface area (TPSA) is 32.3 Å². The molecule has 1 heterocycles. The molecule has 0 atom stereocenters. The molecule has 2 aromatic rings. The number of anilines is 2. The molecule has 0 bridgehead atoms. The maximum absolute atomic E-state index is 12.3. The molecule has 3 rings (SSSR count). The van der Waals surface area contributed by atoms with Crippen molar-refractivity contribution in [1.82, 2.24) is 0 Å². The van der Waals surface area contributed by atoms with Gasteiger partial charge in [0.2, 0.25) is 0 Å². The van der Waals surface area contributed by atoms with Crippen molar-refractivity contribution in [2.75, 3.05) is 23.3 Å². The number of carbonyl (C=O) groups excluding carboxylic acids is 1. The van der Waals surface area contributed by atoms with Crippen LogP contribution in [-0.4, -0.2) is 19.0 Å². The molecular formula is C19H20Cl2N2O. The molecule has 1 fully saturated rings. The number of amides is 1. The first-order valence-corrected chi connectivity index (χ1v) is 8.90. The molecule has 2 aromatic carbocycles. The van der Waals surface area contributed by atoms with Gasteiger partial charge in [0, 0.05) is 24.5 Å². The third-order valence-electron chi connectivity index (χ3n) is 4.47. The van der Waals surface area contributed by atoms with Crippen molar-refractivity contribution >= 4 is 40.5 Å². The van der Waals surface area contributed by atoms with Crippen molar-refractivity contribution in [2.24, 2.45) is 5.92 Å². The normalized spacial score (nSPS) is 15.4. The highest BCUT2D eigenvalue weighted by Gasteiger charge is 2.16. The van der Waals surface area contributed by atoms with Crippen LogP contribution in [0.2, 0.25) is 10.0 Å². The standard InChI is InChI=1S/C19H20Cl2N2O/c1-13-9-11-23(12-10-13)15-7-5-14(6-8-15)22-19(24)16-3-2-4-17(20)18(16)21/h2-8,13H,9-12H2,1H3,(H,22,24). The number of halogens is 2. The number of rotatable bonds is 3. The molecule has 0 radical (unpaired) electrons. The number of nitrogens with zero attached hydrogens (tertiary/aromatic N) is 1. The van der Waals surface area contributed by atoms with Crippen molar-refractivity contribution in [2.45, 2.75) is 19.8 Å². The van der Waals surface area contributed by atoms with Gasteiger partial charge >= 0.3 is 0 Å². The molecule has 24 heavy (non-hydrogen) atoms. The first kappa shape index (κ1) is 17.1. The molecule has 5 heteroatoms. The third kappa shape index (κ3) is 3.85. The second-order valence-corrected chi connectivity index (χ2v) is 7.06. The number of carbonyl (C=O) groups is 1. The zero-order chi connectivity index (χ0) is 17.1. The Morgan fingerprint density at radius 3 is 2.42 bits per heavy atom. The minimum atomic E-state index is -0.262. The predicted molar refractivity (Wildman–Crippen MR) is 101 cm³/mol. The van der Waals surface area contributed by atoms with Gasteiger partial charge in [0.15, 0.2) is 0 Å². The minimum absolute atomic E-state index is 0.262. The van der Waals surface area contributed by atoms with Gasteiger partial charge in [0.25, 0.3) is 5.91 Å². The summed E-state index contributed by atoms with van der Waals surface area (Å²) in [5.74, 6) is 0.546. The lowest BCUT2D eigenvalue weighted by Crippen LogP contribution is -2.32. The molecule has 3 nitrogen and oxygen atoms in total. The molecule has 1 N–H and O–H groups in total. The maximum Gasteiger partial charge on any atom is 0.257 e. The maximum atomic E-state index is 12.3. The Kier molecular flexibility index (Phi) is 5.32.